The largest absolute Gasteiger partial charge is 0.302 e. The third-order valence-electron chi connectivity index (χ3n) is 17.3. The molecule has 0 unspecified atom stereocenters. The van der Waals surface area contributed by atoms with Crippen molar-refractivity contribution in [3.8, 4) is 11.1 Å². The highest BCUT2D eigenvalue weighted by Crippen LogP contribution is 2.61. The van der Waals surface area contributed by atoms with Crippen LogP contribution in [0.15, 0.2) is 152 Å². The van der Waals surface area contributed by atoms with E-state index in [1.54, 1.807) is 11.1 Å². The van der Waals surface area contributed by atoms with Crippen molar-refractivity contribution < 1.29 is 0 Å². The maximum atomic E-state index is 3.98. The van der Waals surface area contributed by atoms with Gasteiger partial charge >= 0.3 is 0 Å². The van der Waals surface area contributed by atoms with E-state index in [1.807, 2.05) is 0 Å². The lowest BCUT2D eigenvalue weighted by atomic mass is 9.65. The SMILES string of the molecule is CCCCCCCCc1c(CCCCCCCC)c2cc(N(c3c#ccc4c3C(c3ccc5c(c3)CC5)(c3ccc5c(c3)CC5)c3ccccc3-4)c3ccccc3C3=CC=CCC3)ccc2c2ccccc12. The first-order valence-corrected chi connectivity index (χ1v) is 28.2. The van der Waals surface area contributed by atoms with Gasteiger partial charge in [-0.2, -0.15) is 0 Å². The van der Waals surface area contributed by atoms with Crippen LogP contribution in [0, 0.1) is 12.1 Å². The second-order valence-corrected chi connectivity index (χ2v) is 21.6. The van der Waals surface area contributed by atoms with E-state index < -0.39 is 5.41 Å². The molecule has 0 bridgehead atoms. The summed E-state index contributed by atoms with van der Waals surface area (Å²) in [5.74, 6) is 0. The standard InChI is InChI=1S/C71H71N/c1-3-5-7-9-11-16-28-60-59-30-18-19-31-61(59)63-46-45-57(49-66(63)62(60)29-17-12-10-8-6-4-2)72(68-35-23-21-27-58(68)52-25-14-13-15-26-52)69-36-24-33-65-64-32-20-22-34-67(64)71(70(65)69,55-43-41-50-37-39-53(50)47-55)56-44-42-51-38-40-54(51)48-56/h13-14,18-23,25,27,30-35,41-49H,3-12,15-17,26,28-29,37-40H2,1-2H3. The van der Waals surface area contributed by atoms with E-state index in [-0.39, 0.29) is 0 Å². The van der Waals surface area contributed by atoms with E-state index in [9.17, 15) is 0 Å². The van der Waals surface area contributed by atoms with Gasteiger partial charge in [0.15, 0.2) is 0 Å². The molecule has 0 saturated carbocycles. The van der Waals surface area contributed by atoms with Crippen LogP contribution in [0.1, 0.15) is 165 Å². The van der Waals surface area contributed by atoms with E-state index >= 15 is 0 Å². The van der Waals surface area contributed by atoms with Crippen molar-refractivity contribution in [2.24, 2.45) is 0 Å². The molecule has 0 amide bonds. The molecule has 0 spiro atoms. The Morgan fingerprint density at radius 2 is 1.10 bits per heavy atom. The summed E-state index contributed by atoms with van der Waals surface area (Å²) in [5, 5.41) is 5.62. The molecule has 12 rings (SSSR count). The van der Waals surface area contributed by atoms with E-state index in [2.05, 4.69) is 183 Å². The molecular formula is C71H71N. The van der Waals surface area contributed by atoms with Crippen LogP contribution in [-0.4, -0.2) is 0 Å². The topological polar surface area (TPSA) is 3.24 Å². The number of hydrogen-bond acceptors (Lipinski definition) is 1. The van der Waals surface area contributed by atoms with Crippen molar-refractivity contribution in [2.75, 3.05) is 4.90 Å². The van der Waals surface area contributed by atoms with Crippen molar-refractivity contribution in [1.82, 2.24) is 0 Å². The summed E-state index contributed by atoms with van der Waals surface area (Å²) in [5.41, 5.74) is 22.6. The first kappa shape index (κ1) is 46.5. The predicted molar refractivity (Wildman–Crippen MR) is 306 cm³/mol. The zero-order valence-electron chi connectivity index (χ0n) is 43.0. The minimum absolute atomic E-state index is 0.581. The molecule has 4 aliphatic carbocycles. The summed E-state index contributed by atoms with van der Waals surface area (Å²) in [6.07, 6.45) is 31.4. The van der Waals surface area contributed by atoms with Gasteiger partial charge in [-0.1, -0.05) is 212 Å². The number of anilines is 3. The molecule has 1 nitrogen and oxygen atoms in total. The highest BCUT2D eigenvalue weighted by molar-refractivity contribution is 6.12. The molecule has 0 heterocycles. The molecular weight excluding hydrogens is 867 g/mol. The Kier molecular flexibility index (Phi) is 13.2. The lowest BCUT2D eigenvalue weighted by Gasteiger charge is -2.39. The lowest BCUT2D eigenvalue weighted by Crippen LogP contribution is -2.32. The molecule has 0 fully saturated rings. The van der Waals surface area contributed by atoms with Gasteiger partial charge in [0.25, 0.3) is 0 Å². The Morgan fingerprint density at radius 3 is 1.75 bits per heavy atom. The average molecular weight is 938 g/mol. The number of allylic oxidation sites excluding steroid dienone is 4. The summed E-state index contributed by atoms with van der Waals surface area (Å²) in [4.78, 5) is 2.63. The van der Waals surface area contributed by atoms with E-state index in [0.717, 1.165) is 57.1 Å². The van der Waals surface area contributed by atoms with Crippen molar-refractivity contribution in [3.05, 3.63) is 225 Å². The third kappa shape index (κ3) is 8.20. The van der Waals surface area contributed by atoms with Crippen LogP contribution in [0.2, 0.25) is 0 Å². The molecule has 0 saturated heterocycles. The maximum Gasteiger partial charge on any atom is 0.103 e. The fourth-order valence-corrected chi connectivity index (χ4v) is 13.4. The van der Waals surface area contributed by atoms with Crippen molar-refractivity contribution >= 4 is 44.2 Å². The lowest BCUT2D eigenvalue weighted by molar-refractivity contribution is 0.600. The molecule has 0 aliphatic heterocycles. The number of para-hydroxylation sites is 1. The Balaban J connectivity index is 1.12. The number of aryl methyl sites for hydroxylation is 6. The normalized spacial score (nSPS) is 14.7. The highest BCUT2D eigenvalue weighted by Gasteiger charge is 2.49. The van der Waals surface area contributed by atoms with Gasteiger partial charge in [-0.3, -0.25) is 0 Å². The molecule has 0 atom stereocenters. The number of benzene rings is 7. The quantitative estimate of drug-likeness (QED) is 0.0544. The van der Waals surface area contributed by atoms with Gasteiger partial charge in [-0.25, -0.2) is 0 Å². The van der Waals surface area contributed by atoms with E-state index in [1.165, 1.54) is 177 Å². The minimum atomic E-state index is -0.581. The van der Waals surface area contributed by atoms with Gasteiger partial charge in [0, 0.05) is 16.8 Å². The van der Waals surface area contributed by atoms with Gasteiger partial charge in [0.1, 0.15) is 5.69 Å². The van der Waals surface area contributed by atoms with Crippen LogP contribution < -0.4 is 4.90 Å². The van der Waals surface area contributed by atoms with Crippen LogP contribution in [0.25, 0.3) is 38.2 Å². The minimum Gasteiger partial charge on any atom is -0.302 e. The number of rotatable bonds is 20. The predicted octanol–water partition coefficient (Wildman–Crippen LogP) is 19.2. The zero-order valence-corrected chi connectivity index (χ0v) is 43.0. The number of unbranched alkanes of at least 4 members (excludes halogenated alkanes) is 10. The molecule has 72 heavy (non-hydrogen) atoms. The highest BCUT2D eigenvalue weighted by atomic mass is 15.1. The molecule has 1 heteroatoms. The van der Waals surface area contributed by atoms with E-state index in [4.69, 9.17) is 0 Å². The Labute approximate surface area is 430 Å². The number of nitrogens with zero attached hydrogens (tertiary/aromatic N) is 1. The number of fused-ring (bicyclic) bond motifs is 8. The van der Waals surface area contributed by atoms with Crippen LogP contribution in [0.3, 0.4) is 0 Å². The molecule has 360 valence electrons. The zero-order chi connectivity index (χ0) is 48.4. The van der Waals surface area contributed by atoms with Gasteiger partial charge in [0.2, 0.25) is 0 Å². The van der Waals surface area contributed by atoms with Crippen LogP contribution in [0.5, 0.6) is 0 Å². The number of hydrogen-bond donors (Lipinski definition) is 0. The monoisotopic (exact) mass is 938 g/mol. The van der Waals surface area contributed by atoms with Crippen molar-refractivity contribution in [2.45, 2.75) is 148 Å². The smallest absolute Gasteiger partial charge is 0.103 e. The molecule has 0 N–H and O–H groups in total. The first-order chi connectivity index (χ1) is 35.7. The Hall–Kier alpha value is -6.62. The molecule has 8 aromatic rings. The van der Waals surface area contributed by atoms with Crippen molar-refractivity contribution in [1.29, 1.82) is 0 Å². The summed E-state index contributed by atoms with van der Waals surface area (Å²) in [6.45, 7) is 4.65. The second-order valence-electron chi connectivity index (χ2n) is 21.6. The van der Waals surface area contributed by atoms with Crippen LogP contribution in [0.4, 0.5) is 17.1 Å². The van der Waals surface area contributed by atoms with Gasteiger partial charge in [-0.15, -0.1) is 0 Å². The van der Waals surface area contributed by atoms with Gasteiger partial charge in [-0.05, 0) is 183 Å². The summed E-state index contributed by atoms with van der Waals surface area (Å²) in [7, 11) is 0. The van der Waals surface area contributed by atoms with Gasteiger partial charge in [0.05, 0.1) is 11.1 Å². The Bertz CT molecular complexity index is 3300. The van der Waals surface area contributed by atoms with Gasteiger partial charge < -0.3 is 4.90 Å². The fourth-order valence-electron chi connectivity index (χ4n) is 13.4. The maximum absolute atomic E-state index is 3.98. The summed E-state index contributed by atoms with van der Waals surface area (Å²) in [6, 6.07) is 60.4. The van der Waals surface area contributed by atoms with E-state index in [0.29, 0.717) is 0 Å². The third-order valence-corrected chi connectivity index (χ3v) is 17.3. The molecule has 4 aliphatic rings. The second kappa shape index (κ2) is 20.5. The average Bonchev–Trinajstić information content (AvgIpc) is 3.71. The van der Waals surface area contributed by atoms with Crippen LogP contribution in [-0.2, 0) is 43.9 Å². The Morgan fingerprint density at radius 1 is 0.500 bits per heavy atom. The summed E-state index contributed by atoms with van der Waals surface area (Å²) < 4.78 is 0. The summed E-state index contributed by atoms with van der Waals surface area (Å²) >= 11 is 0. The molecule has 0 aromatic heterocycles. The molecule has 0 radical (unpaired) electrons. The molecule has 8 aromatic carbocycles. The van der Waals surface area contributed by atoms with Crippen molar-refractivity contribution in [3.63, 3.8) is 0 Å². The van der Waals surface area contributed by atoms with Crippen LogP contribution >= 0.6 is 0 Å². The first-order valence-electron chi connectivity index (χ1n) is 28.2. The fraction of sp³-hybridized carbons (Fsp3) is 0.324.